The van der Waals surface area contributed by atoms with Gasteiger partial charge in [0.2, 0.25) is 5.95 Å². The molecule has 0 aliphatic carbocycles. The van der Waals surface area contributed by atoms with Crippen LogP contribution in [0.5, 0.6) is 5.75 Å². The Bertz CT molecular complexity index is 596. The molecule has 0 amide bonds. The number of piperazine rings is 1. The molecule has 110 valence electrons. The Labute approximate surface area is 125 Å². The number of aromatic nitrogens is 2. The van der Waals surface area contributed by atoms with Crippen LogP contribution in [0.25, 0.3) is 0 Å². The van der Waals surface area contributed by atoms with Gasteiger partial charge in [-0.05, 0) is 23.8 Å². The maximum absolute atomic E-state index is 5.26. The summed E-state index contributed by atoms with van der Waals surface area (Å²) >= 11 is 0. The summed E-state index contributed by atoms with van der Waals surface area (Å²) in [4.78, 5) is 11.3. The minimum atomic E-state index is 0.790. The molecule has 5 nitrogen and oxygen atoms in total. The molecule has 0 atom stereocenters. The minimum Gasteiger partial charge on any atom is -0.497 e. The van der Waals surface area contributed by atoms with E-state index in [0.717, 1.165) is 50.0 Å². The molecule has 1 saturated heterocycles. The van der Waals surface area contributed by atoms with Crippen molar-refractivity contribution < 1.29 is 4.74 Å². The number of hydrogen-bond acceptors (Lipinski definition) is 5. The maximum Gasteiger partial charge on any atom is 0.225 e. The molecule has 0 saturated carbocycles. The summed E-state index contributed by atoms with van der Waals surface area (Å²) in [6.07, 6.45) is 2.64. The van der Waals surface area contributed by atoms with Crippen molar-refractivity contribution >= 4 is 5.95 Å². The van der Waals surface area contributed by atoms with Gasteiger partial charge >= 0.3 is 0 Å². The van der Waals surface area contributed by atoms with E-state index < -0.39 is 0 Å². The van der Waals surface area contributed by atoms with Gasteiger partial charge in [0.1, 0.15) is 5.75 Å². The van der Waals surface area contributed by atoms with Gasteiger partial charge in [-0.15, -0.1) is 0 Å². The average molecular weight is 284 g/mol. The van der Waals surface area contributed by atoms with E-state index >= 15 is 0 Å². The van der Waals surface area contributed by atoms with E-state index in [0.29, 0.717) is 0 Å². The second kappa shape index (κ2) is 6.54. The monoisotopic (exact) mass is 284 g/mol. The van der Waals surface area contributed by atoms with Crippen molar-refractivity contribution in [1.82, 2.24) is 15.3 Å². The summed E-state index contributed by atoms with van der Waals surface area (Å²) in [5.74, 6) is 1.71. The summed E-state index contributed by atoms with van der Waals surface area (Å²) in [6.45, 7) is 3.90. The predicted molar refractivity (Wildman–Crippen MR) is 82.9 cm³/mol. The van der Waals surface area contributed by atoms with Gasteiger partial charge in [0, 0.05) is 38.8 Å². The van der Waals surface area contributed by atoms with Crippen molar-refractivity contribution in [2.75, 3.05) is 38.2 Å². The molecule has 1 aliphatic rings. The molecule has 3 rings (SSSR count). The maximum atomic E-state index is 5.26. The van der Waals surface area contributed by atoms with Crippen molar-refractivity contribution in [3.8, 4) is 5.75 Å². The van der Waals surface area contributed by atoms with E-state index in [4.69, 9.17) is 9.72 Å². The lowest BCUT2D eigenvalue weighted by Gasteiger charge is -2.27. The quantitative estimate of drug-likeness (QED) is 0.922. The van der Waals surface area contributed by atoms with Crippen LogP contribution >= 0.6 is 0 Å². The fourth-order valence-corrected chi connectivity index (χ4v) is 2.49. The largest absolute Gasteiger partial charge is 0.497 e. The predicted octanol–water partition coefficient (Wildman–Crippen LogP) is 1.49. The molecule has 0 spiro atoms. The van der Waals surface area contributed by atoms with Crippen molar-refractivity contribution in [1.29, 1.82) is 0 Å². The van der Waals surface area contributed by atoms with Gasteiger partial charge < -0.3 is 15.0 Å². The summed E-state index contributed by atoms with van der Waals surface area (Å²) in [7, 11) is 1.69. The van der Waals surface area contributed by atoms with Gasteiger partial charge in [-0.1, -0.05) is 12.1 Å². The van der Waals surface area contributed by atoms with Crippen LogP contribution in [0.4, 0.5) is 5.95 Å². The highest BCUT2D eigenvalue weighted by atomic mass is 16.5. The molecule has 0 bridgehead atoms. The SMILES string of the molecule is COc1cccc(Cc2ccnc(N3CCNCC3)n2)c1. The van der Waals surface area contributed by atoms with Gasteiger partial charge in [-0.25, -0.2) is 9.97 Å². The molecule has 1 aromatic heterocycles. The highest BCUT2D eigenvalue weighted by Crippen LogP contribution is 2.16. The molecule has 2 aromatic rings. The fraction of sp³-hybridized carbons (Fsp3) is 0.375. The molecule has 1 N–H and O–H groups in total. The standard InChI is InChI=1S/C16H20N4O/c1-21-15-4-2-3-13(12-15)11-14-5-6-18-16(19-14)20-9-7-17-8-10-20/h2-6,12,17H,7-11H2,1H3. The van der Waals surface area contributed by atoms with Gasteiger partial charge in [0.05, 0.1) is 12.8 Å². The van der Waals surface area contributed by atoms with Crippen molar-refractivity contribution in [3.63, 3.8) is 0 Å². The zero-order valence-corrected chi connectivity index (χ0v) is 12.2. The topological polar surface area (TPSA) is 50.3 Å². The van der Waals surface area contributed by atoms with Crippen LogP contribution in [0, 0.1) is 0 Å². The number of ether oxygens (including phenoxy) is 1. The van der Waals surface area contributed by atoms with Crippen LogP contribution in [0.1, 0.15) is 11.3 Å². The first-order valence-corrected chi connectivity index (χ1v) is 7.26. The van der Waals surface area contributed by atoms with E-state index in [2.05, 4.69) is 21.3 Å². The number of hydrogen-bond donors (Lipinski definition) is 1. The highest BCUT2D eigenvalue weighted by Gasteiger charge is 2.13. The zero-order chi connectivity index (χ0) is 14.5. The number of nitrogens with one attached hydrogen (secondary N) is 1. The smallest absolute Gasteiger partial charge is 0.225 e. The number of nitrogens with zero attached hydrogens (tertiary/aromatic N) is 3. The van der Waals surface area contributed by atoms with Crippen molar-refractivity contribution in [3.05, 3.63) is 47.8 Å². The van der Waals surface area contributed by atoms with Crippen LogP contribution in [0.3, 0.4) is 0 Å². The lowest BCUT2D eigenvalue weighted by atomic mass is 10.1. The molecular formula is C16H20N4O. The minimum absolute atomic E-state index is 0.790. The van der Waals surface area contributed by atoms with Crippen LogP contribution in [-0.2, 0) is 6.42 Å². The third-order valence-corrected chi connectivity index (χ3v) is 3.62. The molecular weight excluding hydrogens is 264 g/mol. The normalized spacial score (nSPS) is 15.0. The number of methoxy groups -OCH3 is 1. The molecule has 0 radical (unpaired) electrons. The Balaban J connectivity index is 1.76. The first-order chi connectivity index (χ1) is 10.3. The lowest BCUT2D eigenvalue weighted by Crippen LogP contribution is -2.44. The Kier molecular flexibility index (Phi) is 4.31. The van der Waals surface area contributed by atoms with Crippen LogP contribution in [0.2, 0.25) is 0 Å². The third kappa shape index (κ3) is 3.49. The number of anilines is 1. The third-order valence-electron chi connectivity index (χ3n) is 3.62. The Morgan fingerprint density at radius 2 is 2.10 bits per heavy atom. The van der Waals surface area contributed by atoms with E-state index in [1.165, 1.54) is 5.56 Å². The van der Waals surface area contributed by atoms with E-state index in [1.54, 1.807) is 7.11 Å². The van der Waals surface area contributed by atoms with E-state index in [9.17, 15) is 0 Å². The lowest BCUT2D eigenvalue weighted by molar-refractivity contribution is 0.414. The zero-order valence-electron chi connectivity index (χ0n) is 12.2. The summed E-state index contributed by atoms with van der Waals surface area (Å²) < 4.78 is 5.26. The van der Waals surface area contributed by atoms with E-state index in [-0.39, 0.29) is 0 Å². The molecule has 1 aliphatic heterocycles. The fourth-order valence-electron chi connectivity index (χ4n) is 2.49. The Morgan fingerprint density at radius 3 is 2.90 bits per heavy atom. The Hall–Kier alpha value is -2.14. The first-order valence-electron chi connectivity index (χ1n) is 7.26. The Morgan fingerprint density at radius 1 is 1.24 bits per heavy atom. The second-order valence-corrected chi connectivity index (χ2v) is 5.11. The number of rotatable bonds is 4. The average Bonchev–Trinajstić information content (AvgIpc) is 2.56. The first kappa shape index (κ1) is 13.8. The van der Waals surface area contributed by atoms with E-state index in [1.807, 2.05) is 30.5 Å². The van der Waals surface area contributed by atoms with Crippen LogP contribution in [-0.4, -0.2) is 43.3 Å². The molecule has 2 heterocycles. The molecule has 1 aromatic carbocycles. The molecule has 1 fully saturated rings. The number of benzene rings is 1. The molecule has 0 unspecified atom stereocenters. The van der Waals surface area contributed by atoms with Crippen molar-refractivity contribution in [2.45, 2.75) is 6.42 Å². The van der Waals surface area contributed by atoms with Gasteiger partial charge in [-0.2, -0.15) is 0 Å². The molecule has 21 heavy (non-hydrogen) atoms. The van der Waals surface area contributed by atoms with Crippen molar-refractivity contribution in [2.24, 2.45) is 0 Å². The van der Waals surface area contributed by atoms with Gasteiger partial charge in [0.15, 0.2) is 0 Å². The summed E-state index contributed by atoms with van der Waals surface area (Å²) in [5.41, 5.74) is 2.23. The molecule has 5 heteroatoms. The van der Waals surface area contributed by atoms with Crippen LogP contribution < -0.4 is 15.0 Å². The van der Waals surface area contributed by atoms with Gasteiger partial charge in [-0.3, -0.25) is 0 Å². The van der Waals surface area contributed by atoms with Crippen LogP contribution in [0.15, 0.2) is 36.5 Å². The summed E-state index contributed by atoms with van der Waals surface area (Å²) in [6, 6.07) is 10.1. The summed E-state index contributed by atoms with van der Waals surface area (Å²) in [5, 5.41) is 3.34. The second-order valence-electron chi connectivity index (χ2n) is 5.11. The highest BCUT2D eigenvalue weighted by molar-refractivity contribution is 5.34. The van der Waals surface area contributed by atoms with Gasteiger partial charge in [0.25, 0.3) is 0 Å².